The van der Waals surface area contributed by atoms with Crippen LogP contribution in [0.5, 0.6) is 0 Å². The van der Waals surface area contributed by atoms with Gasteiger partial charge in [-0.1, -0.05) is 18.2 Å². The Morgan fingerprint density at radius 2 is 2.00 bits per heavy atom. The Morgan fingerprint density at radius 3 is 2.74 bits per heavy atom. The Hall–Kier alpha value is -3.15. The molecule has 1 aliphatic heterocycles. The number of aromatic nitrogens is 1. The molecule has 0 radical (unpaired) electrons. The number of rotatable bonds is 4. The Kier molecular flexibility index (Phi) is 4.39. The molecule has 0 bridgehead atoms. The fourth-order valence-corrected chi connectivity index (χ4v) is 3.66. The lowest BCUT2D eigenvalue weighted by Crippen LogP contribution is -2.41. The Morgan fingerprint density at radius 1 is 1.26 bits per heavy atom. The molecule has 1 aliphatic rings. The third-order valence-corrected chi connectivity index (χ3v) is 5.06. The molecule has 0 fully saturated rings. The van der Waals surface area contributed by atoms with E-state index in [1.807, 2.05) is 24.3 Å². The number of halogens is 1. The van der Waals surface area contributed by atoms with Crippen molar-refractivity contribution in [3.8, 4) is 11.3 Å². The summed E-state index contributed by atoms with van der Waals surface area (Å²) < 4.78 is 19.0. The van der Waals surface area contributed by atoms with E-state index in [1.54, 1.807) is 18.3 Å². The van der Waals surface area contributed by atoms with Gasteiger partial charge in [-0.2, -0.15) is 0 Å². The highest BCUT2D eigenvalue weighted by Gasteiger charge is 2.33. The van der Waals surface area contributed by atoms with E-state index >= 15 is 0 Å². The molecule has 27 heavy (non-hydrogen) atoms. The minimum atomic E-state index is -0.302. The number of anilines is 1. The summed E-state index contributed by atoms with van der Waals surface area (Å²) in [6.45, 7) is 2.54. The van der Waals surface area contributed by atoms with Crippen molar-refractivity contribution in [2.75, 3.05) is 4.90 Å². The summed E-state index contributed by atoms with van der Waals surface area (Å²) >= 11 is 0. The number of amides is 1. The van der Waals surface area contributed by atoms with Crippen LogP contribution in [-0.2, 0) is 11.3 Å². The zero-order valence-electron chi connectivity index (χ0n) is 14.9. The predicted molar refractivity (Wildman–Crippen MR) is 101 cm³/mol. The molecular formula is C21H20FN3O2. The molecule has 0 spiro atoms. The van der Waals surface area contributed by atoms with Gasteiger partial charge in [0.05, 0.1) is 18.7 Å². The topological polar surface area (TPSA) is 72.4 Å². The molecule has 1 amide bonds. The molecule has 0 aliphatic carbocycles. The van der Waals surface area contributed by atoms with E-state index in [4.69, 9.17) is 10.2 Å². The zero-order chi connectivity index (χ0) is 19.0. The van der Waals surface area contributed by atoms with Crippen LogP contribution in [0.3, 0.4) is 0 Å². The maximum absolute atomic E-state index is 13.1. The lowest BCUT2D eigenvalue weighted by Gasteiger charge is -2.39. The Bertz CT molecular complexity index is 968. The van der Waals surface area contributed by atoms with Gasteiger partial charge in [-0.3, -0.25) is 4.79 Å². The number of primary amides is 1. The van der Waals surface area contributed by atoms with Gasteiger partial charge in [0.15, 0.2) is 5.76 Å². The van der Waals surface area contributed by atoms with Crippen molar-refractivity contribution in [2.24, 2.45) is 5.73 Å². The van der Waals surface area contributed by atoms with Gasteiger partial charge in [0.2, 0.25) is 11.8 Å². The van der Waals surface area contributed by atoms with Crippen molar-refractivity contribution in [2.45, 2.75) is 31.8 Å². The molecule has 138 valence electrons. The minimum Gasteiger partial charge on any atom is -0.439 e. The third-order valence-electron chi connectivity index (χ3n) is 5.06. The van der Waals surface area contributed by atoms with Crippen LogP contribution < -0.4 is 10.6 Å². The van der Waals surface area contributed by atoms with E-state index < -0.39 is 0 Å². The first kappa shape index (κ1) is 17.3. The fraction of sp³-hybridized carbons (Fsp3) is 0.238. The SMILES string of the molecule is CC1CC(C(N)=O)c2ccccc2N1Cc1ncc(-c2ccc(F)cc2)o1. The van der Waals surface area contributed by atoms with Crippen molar-refractivity contribution < 1.29 is 13.6 Å². The van der Waals surface area contributed by atoms with E-state index in [2.05, 4.69) is 16.8 Å². The van der Waals surface area contributed by atoms with Crippen molar-refractivity contribution in [1.29, 1.82) is 0 Å². The van der Waals surface area contributed by atoms with Crippen LogP contribution in [0.25, 0.3) is 11.3 Å². The molecule has 4 rings (SSSR count). The van der Waals surface area contributed by atoms with Gasteiger partial charge in [0, 0.05) is 17.3 Å². The van der Waals surface area contributed by atoms with Crippen LogP contribution in [0.4, 0.5) is 10.1 Å². The maximum atomic E-state index is 13.1. The van der Waals surface area contributed by atoms with Crippen molar-refractivity contribution in [3.63, 3.8) is 0 Å². The van der Waals surface area contributed by atoms with Crippen LogP contribution in [0, 0.1) is 5.82 Å². The number of benzene rings is 2. The number of nitrogens with two attached hydrogens (primary N) is 1. The molecule has 0 saturated carbocycles. The fourth-order valence-electron chi connectivity index (χ4n) is 3.66. The highest BCUT2D eigenvalue weighted by atomic mass is 19.1. The normalized spacial score (nSPS) is 19.0. The number of hydrogen-bond acceptors (Lipinski definition) is 4. The van der Waals surface area contributed by atoms with Crippen LogP contribution in [0.1, 0.15) is 30.7 Å². The average Bonchev–Trinajstić information content (AvgIpc) is 3.13. The highest BCUT2D eigenvalue weighted by molar-refractivity contribution is 5.85. The molecule has 2 atom stereocenters. The summed E-state index contributed by atoms with van der Waals surface area (Å²) in [5.41, 5.74) is 8.29. The van der Waals surface area contributed by atoms with Gasteiger partial charge in [0.1, 0.15) is 5.82 Å². The third kappa shape index (κ3) is 3.30. The van der Waals surface area contributed by atoms with Gasteiger partial charge in [-0.25, -0.2) is 9.37 Å². The number of nitrogens with zero attached hydrogens (tertiary/aromatic N) is 2. The molecule has 1 aromatic heterocycles. The molecule has 6 heteroatoms. The molecule has 2 N–H and O–H groups in total. The Labute approximate surface area is 156 Å². The first-order valence-electron chi connectivity index (χ1n) is 8.88. The van der Waals surface area contributed by atoms with Crippen molar-refractivity contribution in [3.05, 3.63) is 72.0 Å². The number of hydrogen-bond donors (Lipinski definition) is 1. The zero-order valence-corrected chi connectivity index (χ0v) is 14.9. The molecule has 2 aromatic carbocycles. The number of carbonyl (C=O) groups excluding carboxylic acids is 1. The van der Waals surface area contributed by atoms with Gasteiger partial charge in [-0.15, -0.1) is 0 Å². The second-order valence-corrected chi connectivity index (χ2v) is 6.85. The summed E-state index contributed by atoms with van der Waals surface area (Å²) in [6, 6.07) is 14.0. The summed E-state index contributed by atoms with van der Waals surface area (Å²) in [7, 11) is 0. The number of fused-ring (bicyclic) bond motifs is 1. The highest BCUT2D eigenvalue weighted by Crippen LogP contribution is 2.39. The Balaban J connectivity index is 1.62. The first-order valence-corrected chi connectivity index (χ1v) is 8.88. The largest absolute Gasteiger partial charge is 0.439 e. The van der Waals surface area contributed by atoms with E-state index in [9.17, 15) is 9.18 Å². The van der Waals surface area contributed by atoms with Gasteiger partial charge in [-0.05, 0) is 49.2 Å². The number of para-hydroxylation sites is 1. The predicted octanol–water partition coefficient (Wildman–Crippen LogP) is 3.85. The van der Waals surface area contributed by atoms with E-state index in [-0.39, 0.29) is 23.7 Å². The summed E-state index contributed by atoms with van der Waals surface area (Å²) in [4.78, 5) is 18.4. The molecule has 3 aromatic rings. The molecule has 5 nitrogen and oxygen atoms in total. The van der Waals surface area contributed by atoms with E-state index in [0.717, 1.165) is 16.8 Å². The molecule has 2 unspecified atom stereocenters. The van der Waals surface area contributed by atoms with Crippen LogP contribution >= 0.6 is 0 Å². The second kappa shape index (κ2) is 6.87. The smallest absolute Gasteiger partial charge is 0.225 e. The number of carbonyl (C=O) groups is 1. The second-order valence-electron chi connectivity index (χ2n) is 6.85. The maximum Gasteiger partial charge on any atom is 0.225 e. The summed E-state index contributed by atoms with van der Waals surface area (Å²) in [5.74, 6) is 0.281. The molecular weight excluding hydrogens is 345 g/mol. The van der Waals surface area contributed by atoms with Gasteiger partial charge >= 0.3 is 0 Å². The lowest BCUT2D eigenvalue weighted by atomic mass is 9.85. The standard InChI is InChI=1S/C21H20FN3O2/c1-13-10-17(21(23)26)16-4-2-3-5-18(16)25(13)12-20-24-11-19(27-20)14-6-8-15(22)9-7-14/h2-9,11,13,17H,10,12H2,1H3,(H2,23,26). The monoisotopic (exact) mass is 365 g/mol. The van der Waals surface area contributed by atoms with Gasteiger partial charge in [0.25, 0.3) is 0 Å². The van der Waals surface area contributed by atoms with Gasteiger partial charge < -0.3 is 15.1 Å². The van der Waals surface area contributed by atoms with Crippen molar-refractivity contribution >= 4 is 11.6 Å². The van der Waals surface area contributed by atoms with Crippen LogP contribution in [-0.4, -0.2) is 16.9 Å². The average molecular weight is 365 g/mol. The van der Waals surface area contributed by atoms with E-state index in [1.165, 1.54) is 12.1 Å². The first-order chi connectivity index (χ1) is 13.0. The summed E-state index contributed by atoms with van der Waals surface area (Å²) in [6.07, 6.45) is 2.30. The van der Waals surface area contributed by atoms with E-state index in [0.29, 0.717) is 24.6 Å². The van der Waals surface area contributed by atoms with Crippen LogP contribution in [0.2, 0.25) is 0 Å². The number of oxazole rings is 1. The summed E-state index contributed by atoms with van der Waals surface area (Å²) in [5, 5.41) is 0. The lowest BCUT2D eigenvalue weighted by molar-refractivity contribution is -0.119. The van der Waals surface area contributed by atoms with Crippen LogP contribution in [0.15, 0.2) is 59.1 Å². The minimum absolute atomic E-state index is 0.110. The quantitative estimate of drug-likeness (QED) is 0.762. The molecule has 2 heterocycles. The molecule has 0 saturated heterocycles. The van der Waals surface area contributed by atoms with Crippen molar-refractivity contribution in [1.82, 2.24) is 4.98 Å².